The van der Waals surface area contributed by atoms with Crippen molar-refractivity contribution in [2.24, 2.45) is 0 Å². The van der Waals surface area contributed by atoms with Gasteiger partial charge in [-0.3, -0.25) is 0 Å². The summed E-state index contributed by atoms with van der Waals surface area (Å²) in [6.45, 7) is 5.01. The van der Waals surface area contributed by atoms with E-state index in [0.29, 0.717) is 5.75 Å². The average molecular weight is 221 g/mol. The van der Waals surface area contributed by atoms with Gasteiger partial charge in [-0.05, 0) is 45.4 Å². The van der Waals surface area contributed by atoms with Crippen molar-refractivity contribution in [2.75, 3.05) is 6.54 Å². The van der Waals surface area contributed by atoms with E-state index < -0.39 is 0 Å². The van der Waals surface area contributed by atoms with Crippen molar-refractivity contribution in [3.63, 3.8) is 0 Å². The van der Waals surface area contributed by atoms with E-state index in [1.54, 1.807) is 6.07 Å². The number of phenols is 1. The summed E-state index contributed by atoms with van der Waals surface area (Å²) >= 11 is 0. The molecule has 0 aliphatic carbocycles. The van der Waals surface area contributed by atoms with Gasteiger partial charge in [0.05, 0.1) is 11.7 Å². The van der Waals surface area contributed by atoms with Crippen LogP contribution in [0, 0.1) is 0 Å². The third-order valence-electron chi connectivity index (χ3n) is 2.81. The predicted molar refractivity (Wildman–Crippen MR) is 63.8 cm³/mol. The molecule has 1 saturated heterocycles. The second-order valence-electron chi connectivity index (χ2n) is 4.50. The third kappa shape index (κ3) is 2.30. The van der Waals surface area contributed by atoms with Gasteiger partial charge in [0.2, 0.25) is 0 Å². The topological polar surface area (TPSA) is 41.5 Å². The van der Waals surface area contributed by atoms with Gasteiger partial charge >= 0.3 is 0 Å². The SMILES string of the molecule is CC(C)Oc1cccc(O)c1C1CCCN1. The fourth-order valence-corrected chi connectivity index (χ4v) is 2.17. The van der Waals surface area contributed by atoms with E-state index in [1.807, 2.05) is 26.0 Å². The van der Waals surface area contributed by atoms with Crippen LogP contribution in [0.15, 0.2) is 18.2 Å². The Morgan fingerprint density at radius 2 is 2.25 bits per heavy atom. The van der Waals surface area contributed by atoms with Gasteiger partial charge < -0.3 is 15.2 Å². The first-order valence-corrected chi connectivity index (χ1v) is 5.90. The van der Waals surface area contributed by atoms with E-state index in [0.717, 1.165) is 30.7 Å². The Morgan fingerprint density at radius 1 is 1.44 bits per heavy atom. The number of nitrogens with one attached hydrogen (secondary N) is 1. The molecule has 16 heavy (non-hydrogen) atoms. The van der Waals surface area contributed by atoms with Crippen molar-refractivity contribution in [3.05, 3.63) is 23.8 Å². The van der Waals surface area contributed by atoms with Crippen molar-refractivity contribution < 1.29 is 9.84 Å². The van der Waals surface area contributed by atoms with Crippen LogP contribution in [0.2, 0.25) is 0 Å². The van der Waals surface area contributed by atoms with Crippen LogP contribution in [0.25, 0.3) is 0 Å². The summed E-state index contributed by atoms with van der Waals surface area (Å²) in [5.74, 6) is 1.13. The molecule has 0 aromatic heterocycles. The lowest BCUT2D eigenvalue weighted by atomic mass is 10.0. The van der Waals surface area contributed by atoms with Crippen LogP contribution in [-0.2, 0) is 0 Å². The standard InChI is InChI=1S/C13H19NO2/c1-9(2)16-12-7-3-6-11(15)13(12)10-5-4-8-14-10/h3,6-7,9-10,14-15H,4-5,8H2,1-2H3. The summed E-state index contributed by atoms with van der Waals surface area (Å²) in [6, 6.07) is 5.71. The molecule has 0 amide bonds. The first-order valence-electron chi connectivity index (χ1n) is 5.90. The third-order valence-corrected chi connectivity index (χ3v) is 2.81. The summed E-state index contributed by atoms with van der Waals surface area (Å²) in [4.78, 5) is 0. The smallest absolute Gasteiger partial charge is 0.128 e. The zero-order chi connectivity index (χ0) is 11.5. The zero-order valence-corrected chi connectivity index (χ0v) is 9.86. The van der Waals surface area contributed by atoms with E-state index in [4.69, 9.17) is 4.74 Å². The fourth-order valence-electron chi connectivity index (χ4n) is 2.17. The van der Waals surface area contributed by atoms with E-state index in [1.165, 1.54) is 0 Å². The average Bonchev–Trinajstić information content (AvgIpc) is 2.69. The summed E-state index contributed by atoms with van der Waals surface area (Å²) in [7, 11) is 0. The van der Waals surface area contributed by atoms with Crippen LogP contribution >= 0.6 is 0 Å². The van der Waals surface area contributed by atoms with Gasteiger partial charge in [-0.2, -0.15) is 0 Å². The molecule has 0 spiro atoms. The van der Waals surface area contributed by atoms with Crippen molar-refractivity contribution in [1.29, 1.82) is 0 Å². The summed E-state index contributed by atoms with van der Waals surface area (Å²) in [5, 5.41) is 13.3. The maximum absolute atomic E-state index is 9.94. The van der Waals surface area contributed by atoms with Crippen molar-refractivity contribution in [3.8, 4) is 11.5 Å². The van der Waals surface area contributed by atoms with Crippen molar-refractivity contribution >= 4 is 0 Å². The molecular weight excluding hydrogens is 202 g/mol. The number of ether oxygens (including phenoxy) is 1. The van der Waals surface area contributed by atoms with Crippen LogP contribution < -0.4 is 10.1 Å². The number of phenolic OH excluding ortho intramolecular Hbond substituents is 1. The number of aromatic hydroxyl groups is 1. The molecule has 1 aromatic rings. The number of hydrogen-bond donors (Lipinski definition) is 2. The molecule has 2 N–H and O–H groups in total. The lowest BCUT2D eigenvalue weighted by Gasteiger charge is -2.19. The van der Waals surface area contributed by atoms with Crippen LogP contribution in [0.5, 0.6) is 11.5 Å². The van der Waals surface area contributed by atoms with E-state index in [2.05, 4.69) is 5.32 Å². The van der Waals surface area contributed by atoms with Crippen LogP contribution in [0.1, 0.15) is 38.3 Å². The zero-order valence-electron chi connectivity index (χ0n) is 9.86. The predicted octanol–water partition coefficient (Wildman–Crippen LogP) is 2.60. The molecule has 0 radical (unpaired) electrons. The second kappa shape index (κ2) is 4.74. The maximum Gasteiger partial charge on any atom is 0.128 e. The van der Waals surface area contributed by atoms with Gasteiger partial charge in [-0.15, -0.1) is 0 Å². The van der Waals surface area contributed by atoms with Gasteiger partial charge in [-0.1, -0.05) is 6.07 Å². The molecule has 1 aliphatic heterocycles. The molecule has 1 fully saturated rings. The molecule has 1 aromatic carbocycles. The lowest BCUT2D eigenvalue weighted by molar-refractivity contribution is 0.236. The Balaban J connectivity index is 2.31. The fraction of sp³-hybridized carbons (Fsp3) is 0.538. The second-order valence-corrected chi connectivity index (χ2v) is 4.50. The highest BCUT2D eigenvalue weighted by molar-refractivity contribution is 5.46. The van der Waals surface area contributed by atoms with E-state index >= 15 is 0 Å². The first-order chi connectivity index (χ1) is 7.68. The number of hydrogen-bond acceptors (Lipinski definition) is 3. The Morgan fingerprint density at radius 3 is 2.88 bits per heavy atom. The summed E-state index contributed by atoms with van der Waals surface area (Å²) in [5.41, 5.74) is 0.911. The normalized spacial score (nSPS) is 20.3. The van der Waals surface area contributed by atoms with Crippen LogP contribution in [0.4, 0.5) is 0 Å². The Labute approximate surface area is 96.4 Å². The minimum absolute atomic E-state index is 0.127. The molecule has 1 unspecified atom stereocenters. The van der Waals surface area contributed by atoms with Gasteiger partial charge in [0.1, 0.15) is 11.5 Å². The highest BCUT2D eigenvalue weighted by atomic mass is 16.5. The molecule has 2 rings (SSSR count). The molecule has 88 valence electrons. The molecule has 0 saturated carbocycles. The molecule has 3 nitrogen and oxygen atoms in total. The van der Waals surface area contributed by atoms with E-state index in [-0.39, 0.29) is 12.1 Å². The molecule has 1 aliphatic rings. The highest BCUT2D eigenvalue weighted by Crippen LogP contribution is 2.37. The van der Waals surface area contributed by atoms with Gasteiger partial charge in [0, 0.05) is 6.04 Å². The monoisotopic (exact) mass is 221 g/mol. The largest absolute Gasteiger partial charge is 0.507 e. The van der Waals surface area contributed by atoms with Crippen molar-refractivity contribution in [2.45, 2.75) is 38.8 Å². The Hall–Kier alpha value is -1.22. The maximum atomic E-state index is 9.94. The molecule has 1 heterocycles. The number of benzene rings is 1. The quantitative estimate of drug-likeness (QED) is 0.824. The van der Waals surface area contributed by atoms with Gasteiger partial charge in [0.25, 0.3) is 0 Å². The Bertz CT molecular complexity index is 357. The van der Waals surface area contributed by atoms with E-state index in [9.17, 15) is 5.11 Å². The summed E-state index contributed by atoms with van der Waals surface area (Å²) < 4.78 is 5.74. The van der Waals surface area contributed by atoms with Crippen molar-refractivity contribution in [1.82, 2.24) is 5.32 Å². The number of rotatable bonds is 3. The molecule has 1 atom stereocenters. The van der Waals surface area contributed by atoms with Gasteiger partial charge in [0.15, 0.2) is 0 Å². The highest BCUT2D eigenvalue weighted by Gasteiger charge is 2.23. The first kappa shape index (κ1) is 11.3. The molecule has 0 bridgehead atoms. The minimum atomic E-state index is 0.127. The molecular formula is C13H19NO2. The van der Waals surface area contributed by atoms with Gasteiger partial charge in [-0.25, -0.2) is 0 Å². The summed E-state index contributed by atoms with van der Waals surface area (Å²) in [6.07, 6.45) is 2.34. The van der Waals surface area contributed by atoms with Crippen LogP contribution in [0.3, 0.4) is 0 Å². The minimum Gasteiger partial charge on any atom is -0.507 e. The molecule has 3 heteroatoms. The lowest BCUT2D eigenvalue weighted by Crippen LogP contribution is -2.16. The van der Waals surface area contributed by atoms with Crippen LogP contribution in [-0.4, -0.2) is 17.8 Å². The Kier molecular flexibility index (Phi) is 3.34.